The molecule has 0 aromatic rings. The van der Waals surface area contributed by atoms with Crippen molar-refractivity contribution in [1.29, 1.82) is 0 Å². The van der Waals surface area contributed by atoms with Gasteiger partial charge in [0.25, 0.3) is 0 Å². The molecule has 0 aromatic carbocycles. The Balaban J connectivity index is 0.000000371. The summed E-state index contributed by atoms with van der Waals surface area (Å²) in [7, 11) is 0. The van der Waals surface area contributed by atoms with Crippen molar-refractivity contribution < 1.29 is 0 Å². The molecular formula is C10H16. The van der Waals surface area contributed by atoms with E-state index in [0.717, 1.165) is 0 Å². The molecule has 10 heavy (non-hydrogen) atoms. The van der Waals surface area contributed by atoms with Crippen molar-refractivity contribution >= 4 is 0 Å². The lowest BCUT2D eigenvalue weighted by atomic mass is 9.87. The van der Waals surface area contributed by atoms with Crippen LogP contribution in [-0.2, 0) is 0 Å². The van der Waals surface area contributed by atoms with Crippen molar-refractivity contribution in [2.24, 2.45) is 0 Å². The SMILES string of the molecule is C=C/C=C1/CCC1=C.CC. The van der Waals surface area contributed by atoms with Crippen molar-refractivity contribution in [3.63, 3.8) is 0 Å². The third kappa shape index (κ3) is 2.22. The molecular weight excluding hydrogens is 120 g/mol. The fourth-order valence-electron chi connectivity index (χ4n) is 0.790. The van der Waals surface area contributed by atoms with E-state index in [1.54, 1.807) is 0 Å². The fraction of sp³-hybridized carbons (Fsp3) is 0.400. The van der Waals surface area contributed by atoms with E-state index in [0.29, 0.717) is 0 Å². The van der Waals surface area contributed by atoms with E-state index in [2.05, 4.69) is 13.2 Å². The van der Waals surface area contributed by atoms with Crippen LogP contribution in [0.15, 0.2) is 36.5 Å². The van der Waals surface area contributed by atoms with Crippen LogP contribution in [0.2, 0.25) is 0 Å². The Labute approximate surface area is 64.0 Å². The van der Waals surface area contributed by atoms with Crippen molar-refractivity contribution in [2.75, 3.05) is 0 Å². The molecule has 0 spiro atoms. The Morgan fingerprint density at radius 1 is 1.30 bits per heavy atom. The van der Waals surface area contributed by atoms with Gasteiger partial charge >= 0.3 is 0 Å². The van der Waals surface area contributed by atoms with Gasteiger partial charge < -0.3 is 0 Å². The summed E-state index contributed by atoms with van der Waals surface area (Å²) in [5.41, 5.74) is 2.66. The molecule has 0 N–H and O–H groups in total. The first kappa shape index (κ1) is 9.22. The van der Waals surface area contributed by atoms with Gasteiger partial charge in [0.05, 0.1) is 0 Å². The molecule has 0 aliphatic heterocycles. The van der Waals surface area contributed by atoms with Gasteiger partial charge in [0, 0.05) is 0 Å². The minimum atomic E-state index is 1.18. The van der Waals surface area contributed by atoms with Crippen LogP contribution in [0.3, 0.4) is 0 Å². The summed E-state index contributed by atoms with van der Waals surface area (Å²) < 4.78 is 0. The fourth-order valence-corrected chi connectivity index (χ4v) is 0.790. The Morgan fingerprint density at radius 2 is 1.90 bits per heavy atom. The van der Waals surface area contributed by atoms with E-state index in [4.69, 9.17) is 0 Å². The summed E-state index contributed by atoms with van der Waals surface area (Å²) >= 11 is 0. The van der Waals surface area contributed by atoms with Crippen LogP contribution < -0.4 is 0 Å². The highest BCUT2D eigenvalue weighted by atomic mass is 14.2. The molecule has 0 nitrogen and oxygen atoms in total. The Morgan fingerprint density at radius 3 is 2.00 bits per heavy atom. The summed E-state index contributed by atoms with van der Waals surface area (Å²) in [4.78, 5) is 0. The molecule has 1 aliphatic carbocycles. The molecule has 1 aliphatic rings. The summed E-state index contributed by atoms with van der Waals surface area (Å²) in [6, 6.07) is 0. The first-order chi connectivity index (χ1) is 4.84. The molecule has 1 saturated carbocycles. The van der Waals surface area contributed by atoms with Gasteiger partial charge in [-0.05, 0) is 18.4 Å². The van der Waals surface area contributed by atoms with Crippen LogP contribution in [-0.4, -0.2) is 0 Å². The average Bonchev–Trinajstić information content (AvgIpc) is 2.01. The highest BCUT2D eigenvalue weighted by Gasteiger charge is 2.11. The molecule has 0 amide bonds. The van der Waals surface area contributed by atoms with Crippen LogP contribution >= 0.6 is 0 Å². The molecule has 1 rings (SSSR count). The molecule has 1 fully saturated rings. The number of hydrogen-bond acceptors (Lipinski definition) is 0. The predicted octanol–water partition coefficient (Wildman–Crippen LogP) is 3.48. The minimum absolute atomic E-state index is 1.18. The molecule has 0 saturated heterocycles. The van der Waals surface area contributed by atoms with Gasteiger partial charge in [0.2, 0.25) is 0 Å². The molecule has 0 atom stereocenters. The van der Waals surface area contributed by atoms with Crippen LogP contribution in [0.25, 0.3) is 0 Å². The zero-order valence-electron chi connectivity index (χ0n) is 6.98. The largest absolute Gasteiger partial charge is 0.0991 e. The first-order valence-corrected chi connectivity index (χ1v) is 3.84. The van der Waals surface area contributed by atoms with E-state index in [9.17, 15) is 0 Å². The minimum Gasteiger partial charge on any atom is -0.0991 e. The molecule has 0 heterocycles. The van der Waals surface area contributed by atoms with E-state index in [-0.39, 0.29) is 0 Å². The monoisotopic (exact) mass is 136 g/mol. The van der Waals surface area contributed by atoms with Crippen molar-refractivity contribution in [2.45, 2.75) is 26.7 Å². The molecule has 0 bridgehead atoms. The lowest BCUT2D eigenvalue weighted by molar-refractivity contribution is 0.829. The summed E-state index contributed by atoms with van der Waals surface area (Å²) in [6.07, 6.45) is 6.23. The Hall–Kier alpha value is -0.780. The van der Waals surface area contributed by atoms with Crippen molar-refractivity contribution in [3.8, 4) is 0 Å². The lowest BCUT2D eigenvalue weighted by Crippen LogP contribution is -1.99. The topological polar surface area (TPSA) is 0 Å². The summed E-state index contributed by atoms with van der Waals surface area (Å²) in [6.45, 7) is 11.4. The zero-order chi connectivity index (χ0) is 7.98. The Bertz CT molecular complexity index is 149. The molecule has 0 heteroatoms. The third-order valence-electron chi connectivity index (χ3n) is 1.47. The molecule has 0 radical (unpaired) electrons. The van der Waals surface area contributed by atoms with Gasteiger partial charge in [-0.1, -0.05) is 44.7 Å². The summed E-state index contributed by atoms with van der Waals surface area (Å²) in [5.74, 6) is 0. The third-order valence-corrected chi connectivity index (χ3v) is 1.47. The second-order valence-corrected chi connectivity index (χ2v) is 2.03. The van der Waals surface area contributed by atoms with E-state index in [1.165, 1.54) is 24.0 Å². The number of allylic oxidation sites excluding steroid dienone is 4. The summed E-state index contributed by atoms with van der Waals surface area (Å²) in [5, 5.41) is 0. The Kier molecular flexibility index (Phi) is 4.65. The highest BCUT2D eigenvalue weighted by molar-refractivity contribution is 5.39. The van der Waals surface area contributed by atoms with E-state index in [1.807, 2.05) is 26.0 Å². The molecule has 0 aromatic heterocycles. The van der Waals surface area contributed by atoms with Crippen molar-refractivity contribution in [1.82, 2.24) is 0 Å². The smallest absolute Gasteiger partial charge is 0.0236 e. The van der Waals surface area contributed by atoms with Crippen LogP contribution in [0, 0.1) is 0 Å². The van der Waals surface area contributed by atoms with Crippen molar-refractivity contribution in [3.05, 3.63) is 36.5 Å². The van der Waals surface area contributed by atoms with Crippen LogP contribution in [0.4, 0.5) is 0 Å². The number of hydrogen-bond donors (Lipinski definition) is 0. The van der Waals surface area contributed by atoms with Gasteiger partial charge in [0.15, 0.2) is 0 Å². The van der Waals surface area contributed by atoms with Gasteiger partial charge in [-0.2, -0.15) is 0 Å². The maximum atomic E-state index is 3.84. The molecule has 0 unspecified atom stereocenters. The zero-order valence-corrected chi connectivity index (χ0v) is 6.98. The van der Waals surface area contributed by atoms with Gasteiger partial charge in [0.1, 0.15) is 0 Å². The average molecular weight is 136 g/mol. The maximum Gasteiger partial charge on any atom is -0.0236 e. The van der Waals surface area contributed by atoms with Gasteiger partial charge in [-0.25, -0.2) is 0 Å². The second kappa shape index (κ2) is 5.04. The number of rotatable bonds is 1. The van der Waals surface area contributed by atoms with Gasteiger partial charge in [-0.3, -0.25) is 0 Å². The van der Waals surface area contributed by atoms with E-state index < -0.39 is 0 Å². The normalized spacial score (nSPS) is 19.0. The quantitative estimate of drug-likeness (QED) is 0.517. The highest BCUT2D eigenvalue weighted by Crippen LogP contribution is 2.30. The first-order valence-electron chi connectivity index (χ1n) is 3.84. The van der Waals surface area contributed by atoms with Crippen LogP contribution in [0.5, 0.6) is 0 Å². The lowest BCUT2D eigenvalue weighted by Gasteiger charge is -2.18. The van der Waals surface area contributed by atoms with Crippen LogP contribution in [0.1, 0.15) is 26.7 Å². The second-order valence-electron chi connectivity index (χ2n) is 2.03. The molecule has 56 valence electrons. The maximum absolute atomic E-state index is 3.84. The van der Waals surface area contributed by atoms with Gasteiger partial charge in [-0.15, -0.1) is 0 Å². The van der Waals surface area contributed by atoms with E-state index >= 15 is 0 Å². The standard InChI is InChI=1S/C8H10.C2H6/c1-3-4-8-6-5-7(8)2;1-2/h3-4H,1-2,5-6H2;1-2H3/b8-4-;. The predicted molar refractivity (Wildman–Crippen MR) is 48.0 cm³/mol.